The van der Waals surface area contributed by atoms with Gasteiger partial charge >= 0.3 is 0 Å². The molecule has 0 bridgehead atoms. The molecule has 0 spiro atoms. The third-order valence-electron chi connectivity index (χ3n) is 2.31. The van der Waals surface area contributed by atoms with Crippen molar-refractivity contribution in [1.29, 1.82) is 0 Å². The van der Waals surface area contributed by atoms with Crippen LogP contribution >= 0.6 is 11.6 Å². The number of hydrogen-bond acceptors (Lipinski definition) is 3. The third kappa shape index (κ3) is 4.48. The van der Waals surface area contributed by atoms with E-state index in [0.717, 1.165) is 13.0 Å². The molecule has 0 aromatic carbocycles. The first-order valence-electron chi connectivity index (χ1n) is 5.80. The van der Waals surface area contributed by atoms with E-state index in [1.807, 2.05) is 4.90 Å². The molecule has 96 valence electrons. The summed E-state index contributed by atoms with van der Waals surface area (Å²) >= 11 is 5.69. The summed E-state index contributed by atoms with van der Waals surface area (Å²) < 4.78 is 13.8. The van der Waals surface area contributed by atoms with Gasteiger partial charge in [0.15, 0.2) is 11.6 Å². The van der Waals surface area contributed by atoms with Crippen LogP contribution in [0.5, 0.6) is 0 Å². The highest BCUT2D eigenvalue weighted by molar-refractivity contribution is 6.30. The van der Waals surface area contributed by atoms with Crippen LogP contribution < -0.4 is 10.6 Å². The van der Waals surface area contributed by atoms with Crippen LogP contribution in [0.25, 0.3) is 0 Å². The van der Waals surface area contributed by atoms with Crippen molar-refractivity contribution in [3.8, 4) is 0 Å². The molecule has 0 saturated heterocycles. The Hall–Kier alpha value is -0.870. The monoisotopic (exact) mass is 259 g/mol. The second-order valence-corrected chi connectivity index (χ2v) is 4.88. The second-order valence-electron chi connectivity index (χ2n) is 4.44. The molecule has 2 N–H and O–H groups in total. The van der Waals surface area contributed by atoms with Crippen LogP contribution in [0.15, 0.2) is 12.3 Å². The van der Waals surface area contributed by atoms with Gasteiger partial charge in [0.25, 0.3) is 0 Å². The van der Waals surface area contributed by atoms with E-state index < -0.39 is 0 Å². The van der Waals surface area contributed by atoms with Crippen LogP contribution in [0, 0.1) is 11.7 Å². The Morgan fingerprint density at radius 2 is 2.24 bits per heavy atom. The van der Waals surface area contributed by atoms with Gasteiger partial charge in [0, 0.05) is 19.3 Å². The summed E-state index contributed by atoms with van der Waals surface area (Å²) in [5.74, 6) is 0.413. The number of hydrogen-bond donors (Lipinski definition) is 1. The van der Waals surface area contributed by atoms with E-state index in [-0.39, 0.29) is 5.82 Å². The number of pyridine rings is 1. The predicted molar refractivity (Wildman–Crippen MR) is 69.9 cm³/mol. The molecule has 0 atom stereocenters. The Kier molecular flexibility index (Phi) is 5.65. The van der Waals surface area contributed by atoms with Crippen LogP contribution in [-0.4, -0.2) is 24.6 Å². The molecule has 0 amide bonds. The van der Waals surface area contributed by atoms with Crippen molar-refractivity contribution in [2.75, 3.05) is 24.5 Å². The van der Waals surface area contributed by atoms with E-state index in [1.165, 1.54) is 12.3 Å². The second kappa shape index (κ2) is 6.77. The number of aromatic nitrogens is 1. The molecule has 0 aliphatic carbocycles. The zero-order valence-electron chi connectivity index (χ0n) is 10.3. The normalized spacial score (nSPS) is 10.9. The molecule has 0 saturated carbocycles. The van der Waals surface area contributed by atoms with Crippen LogP contribution in [0.2, 0.25) is 5.02 Å². The smallest absolute Gasteiger partial charge is 0.167 e. The summed E-state index contributed by atoms with van der Waals surface area (Å²) in [5, 5.41) is 0.314. The molecule has 3 nitrogen and oxygen atoms in total. The van der Waals surface area contributed by atoms with Crippen molar-refractivity contribution in [2.45, 2.75) is 20.3 Å². The van der Waals surface area contributed by atoms with Gasteiger partial charge in [0.2, 0.25) is 0 Å². The maximum Gasteiger partial charge on any atom is 0.167 e. The lowest BCUT2D eigenvalue weighted by Gasteiger charge is -2.25. The predicted octanol–water partition coefficient (Wildman–Crippen LogP) is 2.69. The topological polar surface area (TPSA) is 42.1 Å². The highest BCUT2D eigenvalue weighted by atomic mass is 35.5. The van der Waals surface area contributed by atoms with Gasteiger partial charge in [-0.2, -0.15) is 0 Å². The Balaban J connectivity index is 2.86. The highest BCUT2D eigenvalue weighted by Crippen LogP contribution is 2.20. The summed E-state index contributed by atoms with van der Waals surface area (Å²) in [4.78, 5) is 5.98. The Bertz CT molecular complexity index is 358. The summed E-state index contributed by atoms with van der Waals surface area (Å²) in [7, 11) is 0. The van der Waals surface area contributed by atoms with Crippen molar-refractivity contribution in [3.05, 3.63) is 23.1 Å². The first kappa shape index (κ1) is 14.2. The molecule has 0 fully saturated rings. The van der Waals surface area contributed by atoms with Crippen molar-refractivity contribution >= 4 is 17.4 Å². The molecular weight excluding hydrogens is 241 g/mol. The minimum absolute atomic E-state index is 0.314. The molecule has 0 unspecified atom stereocenters. The fourth-order valence-electron chi connectivity index (χ4n) is 1.65. The van der Waals surface area contributed by atoms with Gasteiger partial charge in [-0.05, 0) is 24.9 Å². The standard InChI is InChI=1S/C12H19ClFN3/c1-9(2)8-17(5-3-4-15)12-11(14)6-10(13)7-16-12/h6-7,9H,3-5,8,15H2,1-2H3. The lowest BCUT2D eigenvalue weighted by atomic mass is 10.2. The Labute approximate surface area is 107 Å². The van der Waals surface area contributed by atoms with E-state index in [0.29, 0.717) is 29.8 Å². The number of anilines is 1. The minimum atomic E-state index is -0.379. The van der Waals surface area contributed by atoms with E-state index in [1.54, 1.807) is 0 Å². The van der Waals surface area contributed by atoms with Crippen molar-refractivity contribution in [1.82, 2.24) is 4.98 Å². The summed E-state index contributed by atoms with van der Waals surface area (Å²) in [5.41, 5.74) is 5.49. The van der Waals surface area contributed by atoms with Gasteiger partial charge in [-0.3, -0.25) is 0 Å². The average Bonchev–Trinajstić information content (AvgIpc) is 2.24. The fourth-order valence-corrected chi connectivity index (χ4v) is 1.79. The maximum atomic E-state index is 13.8. The van der Waals surface area contributed by atoms with Crippen molar-refractivity contribution < 1.29 is 4.39 Å². The van der Waals surface area contributed by atoms with Crippen LogP contribution in [0.1, 0.15) is 20.3 Å². The lowest BCUT2D eigenvalue weighted by molar-refractivity contribution is 0.566. The number of rotatable bonds is 6. The number of nitrogens with two attached hydrogens (primary N) is 1. The Morgan fingerprint density at radius 1 is 1.53 bits per heavy atom. The maximum absolute atomic E-state index is 13.8. The third-order valence-corrected chi connectivity index (χ3v) is 2.51. The molecule has 1 heterocycles. The quantitative estimate of drug-likeness (QED) is 0.854. The van der Waals surface area contributed by atoms with Crippen LogP contribution in [0.3, 0.4) is 0 Å². The van der Waals surface area contributed by atoms with Gasteiger partial charge in [0.1, 0.15) is 0 Å². The molecule has 17 heavy (non-hydrogen) atoms. The lowest BCUT2D eigenvalue weighted by Crippen LogP contribution is -2.31. The van der Waals surface area contributed by atoms with Crippen molar-refractivity contribution in [3.63, 3.8) is 0 Å². The molecule has 1 rings (SSSR count). The highest BCUT2D eigenvalue weighted by Gasteiger charge is 2.14. The average molecular weight is 260 g/mol. The number of halogens is 2. The largest absolute Gasteiger partial charge is 0.354 e. The molecule has 1 aromatic rings. The van der Waals surface area contributed by atoms with Gasteiger partial charge in [-0.1, -0.05) is 25.4 Å². The zero-order chi connectivity index (χ0) is 12.8. The van der Waals surface area contributed by atoms with Crippen LogP contribution in [-0.2, 0) is 0 Å². The molecular formula is C12H19ClFN3. The molecule has 0 radical (unpaired) electrons. The minimum Gasteiger partial charge on any atom is -0.354 e. The molecule has 0 aliphatic rings. The van der Waals surface area contributed by atoms with Gasteiger partial charge in [-0.15, -0.1) is 0 Å². The van der Waals surface area contributed by atoms with E-state index in [4.69, 9.17) is 17.3 Å². The van der Waals surface area contributed by atoms with E-state index >= 15 is 0 Å². The molecule has 0 aliphatic heterocycles. The van der Waals surface area contributed by atoms with E-state index in [9.17, 15) is 4.39 Å². The van der Waals surface area contributed by atoms with Crippen molar-refractivity contribution in [2.24, 2.45) is 11.7 Å². The van der Waals surface area contributed by atoms with Gasteiger partial charge in [0.05, 0.1) is 5.02 Å². The fraction of sp³-hybridized carbons (Fsp3) is 0.583. The Morgan fingerprint density at radius 3 is 2.76 bits per heavy atom. The molecule has 1 aromatic heterocycles. The summed E-state index contributed by atoms with van der Waals surface area (Å²) in [6.45, 7) is 6.22. The first-order chi connectivity index (χ1) is 8.04. The van der Waals surface area contributed by atoms with Gasteiger partial charge < -0.3 is 10.6 Å². The SMILES string of the molecule is CC(C)CN(CCCN)c1ncc(Cl)cc1F. The molecule has 5 heteroatoms. The van der Waals surface area contributed by atoms with Crippen LogP contribution in [0.4, 0.5) is 10.2 Å². The van der Waals surface area contributed by atoms with Gasteiger partial charge in [-0.25, -0.2) is 9.37 Å². The number of nitrogens with zero attached hydrogens (tertiary/aromatic N) is 2. The summed E-state index contributed by atoms with van der Waals surface area (Å²) in [6.07, 6.45) is 2.28. The zero-order valence-corrected chi connectivity index (χ0v) is 11.0. The van der Waals surface area contributed by atoms with E-state index in [2.05, 4.69) is 18.8 Å². The first-order valence-corrected chi connectivity index (χ1v) is 6.18. The summed E-state index contributed by atoms with van der Waals surface area (Å²) in [6, 6.07) is 1.29.